The van der Waals surface area contributed by atoms with Crippen LogP contribution in [0.5, 0.6) is 0 Å². The van der Waals surface area contributed by atoms with E-state index >= 15 is 0 Å². The molecule has 5 rings (SSSR count). The highest BCUT2D eigenvalue weighted by Crippen LogP contribution is 2.36. The number of rotatable bonds is 3. The van der Waals surface area contributed by atoms with Crippen LogP contribution in [0.1, 0.15) is 5.56 Å². The molecule has 0 bridgehead atoms. The molecule has 31 heavy (non-hydrogen) atoms. The topological polar surface area (TPSA) is 42.2 Å². The number of pyridine rings is 2. The van der Waals surface area contributed by atoms with Crippen LogP contribution in [0.25, 0.3) is 27.8 Å². The quantitative estimate of drug-likeness (QED) is 0.331. The van der Waals surface area contributed by atoms with Crippen LogP contribution >= 0.6 is 11.6 Å². The van der Waals surface area contributed by atoms with Crippen LogP contribution in [0.2, 0.25) is 5.02 Å². The molecule has 0 aliphatic rings. The molecule has 0 radical (unpaired) electrons. The van der Waals surface area contributed by atoms with E-state index < -0.39 is 11.7 Å². The van der Waals surface area contributed by atoms with Gasteiger partial charge in [0.05, 0.1) is 16.1 Å². The maximum Gasteiger partial charge on any atom is 0.416 e. The summed E-state index contributed by atoms with van der Waals surface area (Å²) in [6.45, 7) is 0. The number of halogens is 4. The molecule has 5 aromatic rings. The van der Waals surface area contributed by atoms with E-state index in [0.29, 0.717) is 22.2 Å². The molecular formula is C23H14ClF3N4. The second-order valence-electron chi connectivity index (χ2n) is 6.97. The number of aromatic nitrogens is 3. The van der Waals surface area contributed by atoms with Gasteiger partial charge in [-0.1, -0.05) is 41.9 Å². The van der Waals surface area contributed by atoms with Crippen LogP contribution in [0.3, 0.4) is 0 Å². The van der Waals surface area contributed by atoms with E-state index in [1.807, 2.05) is 30.3 Å². The molecule has 1 N–H and O–H groups in total. The van der Waals surface area contributed by atoms with Crippen molar-refractivity contribution in [3.05, 3.63) is 89.7 Å². The zero-order valence-electron chi connectivity index (χ0n) is 15.9. The Morgan fingerprint density at radius 2 is 1.74 bits per heavy atom. The Kier molecular flexibility index (Phi) is 4.55. The number of benzene rings is 2. The number of nitrogens with zero attached hydrogens (tertiary/aromatic N) is 3. The Balaban J connectivity index is 1.73. The summed E-state index contributed by atoms with van der Waals surface area (Å²) in [5.74, 6) is 0.495. The third-order valence-electron chi connectivity index (χ3n) is 4.92. The van der Waals surface area contributed by atoms with Crippen molar-refractivity contribution < 1.29 is 13.2 Å². The molecule has 154 valence electrons. The number of nitrogens with one attached hydrogen (secondary N) is 1. The van der Waals surface area contributed by atoms with E-state index in [1.54, 1.807) is 35.0 Å². The van der Waals surface area contributed by atoms with Crippen molar-refractivity contribution in [2.75, 3.05) is 5.32 Å². The van der Waals surface area contributed by atoms with E-state index in [-0.39, 0.29) is 5.69 Å². The van der Waals surface area contributed by atoms with Crippen LogP contribution in [-0.2, 0) is 6.18 Å². The Hall–Kier alpha value is -3.58. The molecule has 4 nitrogen and oxygen atoms in total. The number of hydrogen-bond donors (Lipinski definition) is 1. The summed E-state index contributed by atoms with van der Waals surface area (Å²) in [6, 6.07) is 18.0. The van der Waals surface area contributed by atoms with Gasteiger partial charge in [-0.15, -0.1) is 0 Å². The minimum absolute atomic E-state index is 0.283. The van der Waals surface area contributed by atoms with Crippen LogP contribution < -0.4 is 5.32 Å². The van der Waals surface area contributed by atoms with E-state index in [1.165, 1.54) is 6.07 Å². The van der Waals surface area contributed by atoms with E-state index in [9.17, 15) is 13.2 Å². The molecule has 0 aliphatic heterocycles. The monoisotopic (exact) mass is 438 g/mol. The molecular weight excluding hydrogens is 425 g/mol. The Bertz CT molecular complexity index is 1420. The van der Waals surface area contributed by atoms with Crippen molar-refractivity contribution in [1.82, 2.24) is 14.4 Å². The molecule has 0 aliphatic carbocycles. The van der Waals surface area contributed by atoms with Crippen LogP contribution in [-0.4, -0.2) is 14.4 Å². The fourth-order valence-corrected chi connectivity index (χ4v) is 3.69. The summed E-state index contributed by atoms with van der Waals surface area (Å²) < 4.78 is 41.3. The molecule has 3 aromatic heterocycles. The first-order chi connectivity index (χ1) is 14.9. The molecule has 0 unspecified atom stereocenters. The van der Waals surface area contributed by atoms with Gasteiger partial charge in [0.1, 0.15) is 17.2 Å². The van der Waals surface area contributed by atoms with Gasteiger partial charge >= 0.3 is 6.18 Å². The lowest BCUT2D eigenvalue weighted by Crippen LogP contribution is -2.05. The highest BCUT2D eigenvalue weighted by atomic mass is 35.5. The van der Waals surface area contributed by atoms with Crippen LogP contribution in [0.4, 0.5) is 24.7 Å². The smallest absolute Gasteiger partial charge is 0.339 e. The fourth-order valence-electron chi connectivity index (χ4n) is 3.53. The van der Waals surface area contributed by atoms with Gasteiger partial charge in [-0.2, -0.15) is 13.2 Å². The highest BCUT2D eigenvalue weighted by Gasteiger charge is 2.30. The first kappa shape index (κ1) is 19.4. The maximum absolute atomic E-state index is 13.2. The molecule has 0 amide bonds. The third kappa shape index (κ3) is 3.57. The second-order valence-corrected chi connectivity index (χ2v) is 7.41. The number of hydrogen-bond acceptors (Lipinski definition) is 3. The molecule has 0 saturated carbocycles. The standard InChI is InChI=1S/C23H14ClF3N4/c24-16-9-10-19-30-21(18-8-1-4-14-5-3-11-28-20(14)18)22(31(19)13-16)29-17-7-2-6-15(12-17)23(25,26)27/h1-13,29H. The normalized spacial score (nSPS) is 11.9. The lowest BCUT2D eigenvalue weighted by Gasteiger charge is -2.12. The number of imidazole rings is 1. The first-order valence-electron chi connectivity index (χ1n) is 9.36. The zero-order valence-corrected chi connectivity index (χ0v) is 16.6. The van der Waals surface area contributed by atoms with Gasteiger partial charge in [0, 0.05) is 29.0 Å². The number of para-hydroxylation sites is 1. The number of alkyl halides is 3. The third-order valence-corrected chi connectivity index (χ3v) is 5.15. The lowest BCUT2D eigenvalue weighted by molar-refractivity contribution is -0.137. The minimum atomic E-state index is -4.44. The summed E-state index contributed by atoms with van der Waals surface area (Å²) in [6.07, 6.45) is -1.08. The van der Waals surface area contributed by atoms with Gasteiger partial charge in [0.15, 0.2) is 0 Å². The molecule has 0 fully saturated rings. The SMILES string of the molecule is FC(F)(F)c1cccc(Nc2c(-c3cccc4cccnc34)nc3ccc(Cl)cn23)c1. The summed E-state index contributed by atoms with van der Waals surface area (Å²) in [4.78, 5) is 9.21. The van der Waals surface area contributed by atoms with Crippen molar-refractivity contribution >= 4 is 39.7 Å². The van der Waals surface area contributed by atoms with E-state index in [0.717, 1.165) is 28.6 Å². The summed E-state index contributed by atoms with van der Waals surface area (Å²) >= 11 is 6.19. The first-order valence-corrected chi connectivity index (χ1v) is 9.74. The van der Waals surface area contributed by atoms with Crippen molar-refractivity contribution in [2.24, 2.45) is 0 Å². The van der Waals surface area contributed by atoms with Gasteiger partial charge in [0.25, 0.3) is 0 Å². The molecule has 3 heterocycles. The second kappa shape index (κ2) is 7.28. The summed E-state index contributed by atoms with van der Waals surface area (Å²) in [7, 11) is 0. The van der Waals surface area contributed by atoms with Gasteiger partial charge in [-0.05, 0) is 36.4 Å². The maximum atomic E-state index is 13.2. The van der Waals surface area contributed by atoms with Crippen molar-refractivity contribution in [3.63, 3.8) is 0 Å². The number of anilines is 2. The van der Waals surface area contributed by atoms with Crippen molar-refractivity contribution in [2.45, 2.75) is 6.18 Å². The Morgan fingerprint density at radius 1 is 0.935 bits per heavy atom. The van der Waals surface area contributed by atoms with Gasteiger partial charge in [0.2, 0.25) is 0 Å². The Morgan fingerprint density at radius 3 is 2.58 bits per heavy atom. The predicted octanol–water partition coefficient (Wildman–Crippen LogP) is 6.97. The van der Waals surface area contributed by atoms with Crippen LogP contribution in [0.15, 0.2) is 79.1 Å². The molecule has 0 spiro atoms. The van der Waals surface area contributed by atoms with Crippen molar-refractivity contribution in [3.8, 4) is 11.3 Å². The molecule has 2 aromatic carbocycles. The van der Waals surface area contributed by atoms with Gasteiger partial charge in [-0.3, -0.25) is 9.38 Å². The number of fused-ring (bicyclic) bond motifs is 2. The minimum Gasteiger partial charge on any atom is -0.339 e. The van der Waals surface area contributed by atoms with Crippen molar-refractivity contribution in [1.29, 1.82) is 0 Å². The molecule has 0 saturated heterocycles. The fraction of sp³-hybridized carbons (Fsp3) is 0.0435. The Labute approximate surface area is 179 Å². The summed E-state index contributed by atoms with van der Waals surface area (Å²) in [5.41, 5.74) is 2.20. The largest absolute Gasteiger partial charge is 0.416 e. The van der Waals surface area contributed by atoms with Gasteiger partial charge < -0.3 is 5.32 Å². The van der Waals surface area contributed by atoms with Crippen LogP contribution in [0, 0.1) is 0 Å². The lowest BCUT2D eigenvalue weighted by atomic mass is 10.1. The van der Waals surface area contributed by atoms with Gasteiger partial charge in [-0.25, -0.2) is 4.98 Å². The van der Waals surface area contributed by atoms with E-state index in [2.05, 4.69) is 10.3 Å². The highest BCUT2D eigenvalue weighted by molar-refractivity contribution is 6.30. The average Bonchev–Trinajstić information content (AvgIpc) is 3.10. The predicted molar refractivity (Wildman–Crippen MR) is 116 cm³/mol. The molecule has 8 heteroatoms. The molecule has 0 atom stereocenters. The zero-order chi connectivity index (χ0) is 21.6. The average molecular weight is 439 g/mol. The van der Waals surface area contributed by atoms with E-state index in [4.69, 9.17) is 16.6 Å². The summed E-state index contributed by atoms with van der Waals surface area (Å²) in [5, 5.41) is 4.51.